The van der Waals surface area contributed by atoms with Gasteiger partial charge in [-0.15, -0.1) is 0 Å². The summed E-state index contributed by atoms with van der Waals surface area (Å²) < 4.78 is 25.2. The van der Waals surface area contributed by atoms with Gasteiger partial charge >= 0.3 is 5.97 Å². The maximum Gasteiger partial charge on any atom is 0.308 e. The lowest BCUT2D eigenvalue weighted by Gasteiger charge is -2.24. The fourth-order valence-electron chi connectivity index (χ4n) is 3.64. The number of nitrogens with one attached hydrogen (secondary N) is 1. The molecule has 150 valence electrons. The summed E-state index contributed by atoms with van der Waals surface area (Å²) in [6, 6.07) is 11.3. The van der Waals surface area contributed by atoms with E-state index >= 15 is 0 Å². The average molecular weight is 403 g/mol. The molecule has 0 radical (unpaired) electrons. The molecule has 3 rings (SSSR count). The Kier molecular flexibility index (Phi) is 7.17. The minimum Gasteiger partial charge on any atom is -0.427 e. The predicted octanol–water partition coefficient (Wildman–Crippen LogP) is 4.24. The van der Waals surface area contributed by atoms with Crippen LogP contribution in [0.2, 0.25) is 0 Å². The molecular weight excluding hydrogens is 376 g/mol. The summed E-state index contributed by atoms with van der Waals surface area (Å²) in [6.07, 6.45) is 6.52. The number of pyridine rings is 1. The standard InChI is InChI=1S/C21H26N2O4S/c1-15(24)27-19-10-7-16(8-11-19)13-18-9-12-20(22-14-28(25)26)21(23-18)17-5-3-2-4-6-17/h7-12,17,22H,2-6,13-14H2,1H3,(H,25,26). The van der Waals surface area contributed by atoms with E-state index in [0.29, 0.717) is 18.1 Å². The molecule has 2 N–H and O–H groups in total. The maximum absolute atomic E-state index is 11.1. The van der Waals surface area contributed by atoms with Gasteiger partial charge in [0.05, 0.1) is 11.4 Å². The Bertz CT molecular complexity index is 833. The summed E-state index contributed by atoms with van der Waals surface area (Å²) >= 11 is -1.90. The Hall–Kier alpha value is -2.25. The summed E-state index contributed by atoms with van der Waals surface area (Å²) in [5.74, 6) is 0.579. The lowest BCUT2D eigenvalue weighted by Crippen LogP contribution is -2.14. The first-order chi connectivity index (χ1) is 13.5. The molecule has 0 bridgehead atoms. The summed E-state index contributed by atoms with van der Waals surface area (Å²) in [5, 5.41) is 3.07. The van der Waals surface area contributed by atoms with E-state index in [0.717, 1.165) is 35.5 Å². The van der Waals surface area contributed by atoms with Gasteiger partial charge < -0.3 is 14.6 Å². The topological polar surface area (TPSA) is 88.5 Å². The number of carbonyl (C=O) groups excluding carboxylic acids is 1. The number of esters is 1. The molecule has 1 aliphatic carbocycles. The molecule has 1 aromatic heterocycles. The second-order valence-electron chi connectivity index (χ2n) is 7.13. The first kappa shape index (κ1) is 20.5. The fourth-order valence-corrected chi connectivity index (χ4v) is 3.92. The van der Waals surface area contributed by atoms with Crippen LogP contribution in [0.3, 0.4) is 0 Å². The normalized spacial score (nSPS) is 15.8. The van der Waals surface area contributed by atoms with Crippen LogP contribution in [0.5, 0.6) is 5.75 Å². The van der Waals surface area contributed by atoms with Gasteiger partial charge in [-0.05, 0) is 42.7 Å². The molecule has 1 aliphatic rings. The zero-order chi connectivity index (χ0) is 19.9. The number of hydrogen-bond donors (Lipinski definition) is 2. The number of benzene rings is 1. The van der Waals surface area contributed by atoms with Gasteiger partial charge in [-0.2, -0.15) is 0 Å². The van der Waals surface area contributed by atoms with Gasteiger partial charge in [-0.25, -0.2) is 4.21 Å². The van der Waals surface area contributed by atoms with Crippen molar-refractivity contribution in [1.29, 1.82) is 0 Å². The zero-order valence-corrected chi connectivity index (χ0v) is 16.8. The van der Waals surface area contributed by atoms with Crippen LogP contribution in [0.4, 0.5) is 5.69 Å². The molecular formula is C21H26N2O4S. The van der Waals surface area contributed by atoms with E-state index in [9.17, 15) is 9.00 Å². The molecule has 1 unspecified atom stereocenters. The highest BCUT2D eigenvalue weighted by molar-refractivity contribution is 7.79. The molecule has 6 nitrogen and oxygen atoms in total. The van der Waals surface area contributed by atoms with Crippen LogP contribution in [-0.2, 0) is 22.3 Å². The highest BCUT2D eigenvalue weighted by atomic mass is 32.2. The van der Waals surface area contributed by atoms with Gasteiger partial charge in [0, 0.05) is 25.0 Å². The Balaban J connectivity index is 1.78. The Morgan fingerprint density at radius 3 is 2.54 bits per heavy atom. The Morgan fingerprint density at radius 2 is 1.89 bits per heavy atom. The van der Waals surface area contributed by atoms with E-state index in [1.807, 2.05) is 24.3 Å². The highest BCUT2D eigenvalue weighted by Crippen LogP contribution is 2.35. The van der Waals surface area contributed by atoms with Gasteiger partial charge in [0.1, 0.15) is 11.6 Å². The molecule has 7 heteroatoms. The van der Waals surface area contributed by atoms with Crippen LogP contribution in [0.1, 0.15) is 61.9 Å². The molecule has 1 saturated carbocycles. The van der Waals surface area contributed by atoms with Crippen molar-refractivity contribution in [1.82, 2.24) is 4.98 Å². The number of hydrogen-bond acceptors (Lipinski definition) is 5. The van der Waals surface area contributed by atoms with E-state index < -0.39 is 11.1 Å². The van der Waals surface area contributed by atoms with Crippen molar-refractivity contribution in [3.8, 4) is 5.75 Å². The lowest BCUT2D eigenvalue weighted by atomic mass is 9.86. The zero-order valence-electron chi connectivity index (χ0n) is 16.0. The second kappa shape index (κ2) is 9.80. The first-order valence-corrected chi connectivity index (χ1v) is 10.9. The molecule has 28 heavy (non-hydrogen) atoms. The largest absolute Gasteiger partial charge is 0.427 e. The van der Waals surface area contributed by atoms with E-state index in [1.54, 1.807) is 12.1 Å². The van der Waals surface area contributed by atoms with Crippen molar-refractivity contribution in [2.24, 2.45) is 0 Å². The third kappa shape index (κ3) is 5.87. The lowest BCUT2D eigenvalue weighted by molar-refractivity contribution is -0.131. The van der Waals surface area contributed by atoms with Gasteiger partial charge in [-0.1, -0.05) is 31.4 Å². The van der Waals surface area contributed by atoms with Crippen molar-refractivity contribution in [2.75, 3.05) is 11.2 Å². The number of rotatable bonds is 7. The highest BCUT2D eigenvalue weighted by Gasteiger charge is 2.21. The summed E-state index contributed by atoms with van der Waals surface area (Å²) in [4.78, 5) is 15.9. The predicted molar refractivity (Wildman–Crippen MR) is 110 cm³/mol. The molecule has 1 aromatic carbocycles. The smallest absolute Gasteiger partial charge is 0.308 e. The van der Waals surface area contributed by atoms with Crippen LogP contribution in [0.15, 0.2) is 36.4 Å². The van der Waals surface area contributed by atoms with E-state index in [-0.39, 0.29) is 11.8 Å². The maximum atomic E-state index is 11.1. The van der Waals surface area contributed by atoms with Gasteiger partial charge in [0.2, 0.25) is 0 Å². The number of carbonyl (C=O) groups is 1. The molecule has 0 amide bonds. The molecule has 1 atom stereocenters. The summed E-state index contributed by atoms with van der Waals surface area (Å²) in [5.41, 5.74) is 3.88. The van der Waals surface area contributed by atoms with E-state index in [4.69, 9.17) is 14.3 Å². The number of anilines is 1. The van der Waals surface area contributed by atoms with Crippen LogP contribution in [0, 0.1) is 0 Å². The van der Waals surface area contributed by atoms with E-state index in [1.165, 1.54) is 26.2 Å². The monoisotopic (exact) mass is 402 g/mol. The third-order valence-corrected chi connectivity index (χ3v) is 5.32. The van der Waals surface area contributed by atoms with Crippen molar-refractivity contribution in [3.63, 3.8) is 0 Å². The number of aromatic nitrogens is 1. The molecule has 1 heterocycles. The van der Waals surface area contributed by atoms with Crippen LogP contribution in [-0.4, -0.2) is 25.6 Å². The number of ether oxygens (including phenoxy) is 1. The quantitative estimate of drug-likeness (QED) is 0.409. The van der Waals surface area contributed by atoms with Crippen molar-refractivity contribution < 1.29 is 18.3 Å². The Labute approximate surface area is 168 Å². The van der Waals surface area contributed by atoms with Crippen molar-refractivity contribution >= 4 is 22.7 Å². The third-order valence-electron chi connectivity index (χ3n) is 4.93. The second-order valence-corrected chi connectivity index (χ2v) is 8.06. The summed E-state index contributed by atoms with van der Waals surface area (Å²) in [7, 11) is 0. The fraction of sp³-hybridized carbons (Fsp3) is 0.429. The molecule has 0 saturated heterocycles. The van der Waals surface area contributed by atoms with Crippen LogP contribution in [0.25, 0.3) is 0 Å². The molecule has 0 spiro atoms. The number of nitrogens with zero attached hydrogens (tertiary/aromatic N) is 1. The van der Waals surface area contributed by atoms with Crippen molar-refractivity contribution in [3.05, 3.63) is 53.3 Å². The minimum absolute atomic E-state index is 0.00163. The molecule has 1 fully saturated rings. The molecule has 0 aliphatic heterocycles. The van der Waals surface area contributed by atoms with Crippen LogP contribution >= 0.6 is 0 Å². The van der Waals surface area contributed by atoms with Gasteiger partial charge in [-0.3, -0.25) is 9.78 Å². The van der Waals surface area contributed by atoms with Gasteiger partial charge in [0.15, 0.2) is 11.1 Å². The average Bonchev–Trinajstić information content (AvgIpc) is 2.68. The van der Waals surface area contributed by atoms with Crippen molar-refractivity contribution in [2.45, 2.75) is 51.4 Å². The van der Waals surface area contributed by atoms with Gasteiger partial charge in [0.25, 0.3) is 0 Å². The SMILES string of the molecule is CC(=O)Oc1ccc(Cc2ccc(NCS(=O)O)c(C3CCCCC3)n2)cc1. The minimum atomic E-state index is -1.90. The van der Waals surface area contributed by atoms with E-state index in [2.05, 4.69) is 5.32 Å². The first-order valence-electron chi connectivity index (χ1n) is 9.60. The molecule has 2 aromatic rings. The Morgan fingerprint density at radius 1 is 1.18 bits per heavy atom. The van der Waals surface area contributed by atoms with Crippen LogP contribution < -0.4 is 10.1 Å². The summed E-state index contributed by atoms with van der Waals surface area (Å²) in [6.45, 7) is 1.38.